The predicted octanol–water partition coefficient (Wildman–Crippen LogP) is 14.1. The molecule has 5 heteroatoms. The second kappa shape index (κ2) is 13.6. The summed E-state index contributed by atoms with van der Waals surface area (Å²) in [7, 11) is 0. The Morgan fingerprint density at radius 1 is 0.545 bits per heavy atom. The number of aromatic nitrogens is 2. The fraction of sp³-hybridized carbons (Fsp3) is 0.300. The molecule has 1 aliphatic rings. The van der Waals surface area contributed by atoms with Crippen LogP contribution in [0.4, 0.5) is 22.7 Å². The number of rotatable bonds is 7. The van der Waals surface area contributed by atoms with Crippen molar-refractivity contribution >= 4 is 44.6 Å². The molecular weight excluding hydrogens is 673 g/mol. The molecule has 3 heterocycles. The minimum atomic E-state index is -0.00280. The highest BCUT2D eigenvalue weighted by atomic mass is 16.5. The largest absolute Gasteiger partial charge is 0.457 e. The van der Waals surface area contributed by atoms with Crippen LogP contribution < -0.4 is 14.5 Å². The molecule has 0 aliphatic carbocycles. The molecule has 0 spiro atoms. The summed E-state index contributed by atoms with van der Waals surface area (Å²) in [6, 6.07) is 42.0. The molecule has 0 amide bonds. The van der Waals surface area contributed by atoms with Crippen molar-refractivity contribution in [1.82, 2.24) is 9.55 Å². The molecule has 0 fully saturated rings. The number of fused-ring (bicyclic) bond motifs is 4. The van der Waals surface area contributed by atoms with Crippen molar-refractivity contribution in [2.45, 2.75) is 91.9 Å². The lowest BCUT2D eigenvalue weighted by molar-refractivity contribution is 0.483. The van der Waals surface area contributed by atoms with E-state index in [2.05, 4.69) is 193 Å². The summed E-state index contributed by atoms with van der Waals surface area (Å²) in [4.78, 5) is 9.76. The van der Waals surface area contributed by atoms with Gasteiger partial charge in [-0.15, -0.1) is 0 Å². The summed E-state index contributed by atoms with van der Waals surface area (Å²) in [5, 5.41) is 2.40. The number of hydrogen-bond acceptors (Lipinski definition) is 4. The molecule has 0 N–H and O–H groups in total. The van der Waals surface area contributed by atoms with Crippen LogP contribution in [0.15, 0.2) is 121 Å². The molecule has 2 aromatic heterocycles. The first-order chi connectivity index (χ1) is 26.2. The van der Waals surface area contributed by atoms with E-state index < -0.39 is 0 Å². The van der Waals surface area contributed by atoms with Gasteiger partial charge < -0.3 is 14.5 Å². The first-order valence-electron chi connectivity index (χ1n) is 19.8. The van der Waals surface area contributed by atoms with Crippen molar-refractivity contribution in [2.75, 3.05) is 16.5 Å². The zero-order valence-corrected chi connectivity index (χ0v) is 34.1. The zero-order valence-electron chi connectivity index (χ0n) is 34.1. The maximum absolute atomic E-state index is 6.74. The monoisotopic (exact) mass is 726 g/mol. The molecule has 0 atom stereocenters. The van der Waals surface area contributed by atoms with E-state index in [0.717, 1.165) is 34.0 Å². The zero-order chi connectivity index (χ0) is 38.8. The summed E-state index contributed by atoms with van der Waals surface area (Å²) >= 11 is 0. The first kappa shape index (κ1) is 36.4. The lowest BCUT2D eigenvalue weighted by Gasteiger charge is -2.24. The van der Waals surface area contributed by atoms with Crippen molar-refractivity contribution in [3.05, 3.63) is 144 Å². The van der Waals surface area contributed by atoms with Gasteiger partial charge in [0.25, 0.3) is 0 Å². The van der Waals surface area contributed by atoms with E-state index in [1.165, 1.54) is 50.1 Å². The third-order valence-electron chi connectivity index (χ3n) is 11.2. The molecular formula is C50H54N4O. The van der Waals surface area contributed by atoms with Crippen molar-refractivity contribution in [3.63, 3.8) is 0 Å². The summed E-state index contributed by atoms with van der Waals surface area (Å²) in [6.45, 7) is 23.4. The minimum absolute atomic E-state index is 0.00280. The van der Waals surface area contributed by atoms with Crippen molar-refractivity contribution < 1.29 is 4.74 Å². The van der Waals surface area contributed by atoms with E-state index in [4.69, 9.17) is 9.72 Å². The number of anilines is 4. The van der Waals surface area contributed by atoms with Crippen LogP contribution in [-0.4, -0.2) is 16.2 Å². The van der Waals surface area contributed by atoms with E-state index in [0.29, 0.717) is 18.5 Å². The Labute approximate surface area is 327 Å². The second-order valence-electron chi connectivity index (χ2n) is 17.9. The maximum atomic E-state index is 6.74. The molecule has 8 rings (SSSR count). The Hall–Kier alpha value is -5.55. The van der Waals surface area contributed by atoms with Crippen molar-refractivity contribution in [1.29, 1.82) is 0 Å². The number of pyridine rings is 1. The van der Waals surface area contributed by atoms with Gasteiger partial charge >= 0.3 is 0 Å². The SMILES string of the molecule is CC(C)c1cc(C(C)C)cc(N2CN(c3cccc(Oc4ccc5c6cc(C(C)(C)C)ccc6n(-c6cc(C(C)(C)C)ccn6)c5c4)c3)c3ccccc32)c1. The van der Waals surface area contributed by atoms with E-state index >= 15 is 0 Å². The summed E-state index contributed by atoms with van der Waals surface area (Å²) in [6.07, 6.45) is 1.94. The van der Waals surface area contributed by atoms with Crippen LogP contribution in [-0.2, 0) is 10.8 Å². The van der Waals surface area contributed by atoms with Gasteiger partial charge in [-0.3, -0.25) is 4.57 Å². The van der Waals surface area contributed by atoms with Crippen molar-refractivity contribution in [2.24, 2.45) is 0 Å². The van der Waals surface area contributed by atoms with E-state index in [1.807, 2.05) is 12.3 Å². The van der Waals surface area contributed by atoms with E-state index in [-0.39, 0.29) is 10.8 Å². The number of ether oxygens (including phenoxy) is 1. The van der Waals surface area contributed by atoms with Gasteiger partial charge in [0.05, 0.1) is 22.4 Å². The summed E-state index contributed by atoms with van der Waals surface area (Å²) in [5.41, 5.74) is 12.3. The molecule has 5 aromatic carbocycles. The van der Waals surface area contributed by atoms with Gasteiger partial charge in [0, 0.05) is 40.5 Å². The third-order valence-corrected chi connectivity index (χ3v) is 11.2. The quantitative estimate of drug-likeness (QED) is 0.164. The average molecular weight is 727 g/mol. The third kappa shape index (κ3) is 6.86. The van der Waals surface area contributed by atoms with Gasteiger partial charge in [-0.05, 0) is 118 Å². The molecule has 55 heavy (non-hydrogen) atoms. The Balaban J connectivity index is 1.17. The van der Waals surface area contributed by atoms with Crippen LogP contribution in [0, 0.1) is 0 Å². The standard InChI is InChI=1S/C50H54N4O/c1-32(2)34-24-35(33(3)4)26-39(25-34)53-31-52(45-16-11-12-17-46(45)53)38-14-13-15-40(29-38)55-41-19-20-42-43-27-36(49(5,6)7)18-21-44(43)54(47(42)30-41)48-28-37(22-23-51-48)50(8,9)10/h11-30,32-33H,31H2,1-10H3. The molecule has 280 valence electrons. The van der Waals surface area contributed by atoms with E-state index in [9.17, 15) is 0 Å². The van der Waals surface area contributed by atoms with Gasteiger partial charge in [0.15, 0.2) is 0 Å². The fourth-order valence-corrected chi connectivity index (χ4v) is 7.77. The smallest absolute Gasteiger partial charge is 0.137 e. The predicted molar refractivity (Wildman–Crippen MR) is 233 cm³/mol. The molecule has 0 unspecified atom stereocenters. The Kier molecular flexibility index (Phi) is 9.03. The average Bonchev–Trinajstić information content (AvgIpc) is 3.70. The second-order valence-corrected chi connectivity index (χ2v) is 17.9. The highest BCUT2D eigenvalue weighted by molar-refractivity contribution is 6.09. The fourth-order valence-electron chi connectivity index (χ4n) is 7.77. The van der Waals surface area contributed by atoms with Gasteiger partial charge in [-0.25, -0.2) is 4.98 Å². The number of hydrogen-bond donors (Lipinski definition) is 0. The Morgan fingerprint density at radius 3 is 1.84 bits per heavy atom. The van der Waals surface area contributed by atoms with Gasteiger partial charge in [-0.1, -0.05) is 99.6 Å². The van der Waals surface area contributed by atoms with Crippen LogP contribution in [0.5, 0.6) is 11.5 Å². The first-order valence-corrected chi connectivity index (χ1v) is 19.8. The molecule has 0 saturated heterocycles. The number of para-hydroxylation sites is 2. The van der Waals surface area contributed by atoms with Crippen LogP contribution in [0.25, 0.3) is 27.6 Å². The highest BCUT2D eigenvalue weighted by Crippen LogP contribution is 2.46. The molecule has 1 aliphatic heterocycles. The number of nitrogens with zero attached hydrogens (tertiary/aromatic N) is 4. The molecule has 0 radical (unpaired) electrons. The van der Waals surface area contributed by atoms with E-state index in [1.54, 1.807) is 0 Å². The van der Waals surface area contributed by atoms with Gasteiger partial charge in [-0.2, -0.15) is 0 Å². The Morgan fingerprint density at radius 2 is 1.18 bits per heavy atom. The normalized spacial score (nSPS) is 13.5. The topological polar surface area (TPSA) is 33.5 Å². The van der Waals surface area contributed by atoms with Crippen molar-refractivity contribution in [3.8, 4) is 17.3 Å². The maximum Gasteiger partial charge on any atom is 0.137 e. The van der Waals surface area contributed by atoms with Crippen LogP contribution in [0.1, 0.15) is 103 Å². The highest BCUT2D eigenvalue weighted by Gasteiger charge is 2.29. The van der Waals surface area contributed by atoms with Crippen LogP contribution in [0.2, 0.25) is 0 Å². The summed E-state index contributed by atoms with van der Waals surface area (Å²) in [5.74, 6) is 3.39. The Bertz CT molecular complexity index is 2520. The molecule has 0 bridgehead atoms. The molecule has 5 nitrogen and oxygen atoms in total. The van der Waals surface area contributed by atoms with Crippen LogP contribution in [0.3, 0.4) is 0 Å². The summed E-state index contributed by atoms with van der Waals surface area (Å²) < 4.78 is 9.04. The number of benzene rings is 5. The lowest BCUT2D eigenvalue weighted by atomic mass is 9.86. The van der Waals surface area contributed by atoms with Crippen LogP contribution >= 0.6 is 0 Å². The lowest BCUT2D eigenvalue weighted by Crippen LogP contribution is -2.24. The molecule has 7 aromatic rings. The van der Waals surface area contributed by atoms with Gasteiger partial charge in [0.1, 0.15) is 24.0 Å². The minimum Gasteiger partial charge on any atom is -0.457 e. The van der Waals surface area contributed by atoms with Gasteiger partial charge in [0.2, 0.25) is 0 Å². The molecule has 0 saturated carbocycles.